The fourth-order valence-electron chi connectivity index (χ4n) is 2.56. The predicted octanol–water partition coefficient (Wildman–Crippen LogP) is 3.22. The van der Waals surface area contributed by atoms with Crippen molar-refractivity contribution >= 4 is 5.69 Å². The van der Waals surface area contributed by atoms with Gasteiger partial charge in [0.2, 0.25) is 0 Å². The summed E-state index contributed by atoms with van der Waals surface area (Å²) in [7, 11) is 0. The SMILES string of the molecule is Cc1cc(C)c(OCC2CCC(C)(C)O2)c(N)c1. The van der Waals surface area contributed by atoms with Crippen molar-refractivity contribution in [3.63, 3.8) is 0 Å². The summed E-state index contributed by atoms with van der Waals surface area (Å²) in [5, 5.41) is 0. The third-order valence-electron chi connectivity index (χ3n) is 3.42. The van der Waals surface area contributed by atoms with E-state index in [1.54, 1.807) is 0 Å². The van der Waals surface area contributed by atoms with Crippen LogP contribution in [0.15, 0.2) is 12.1 Å². The summed E-state index contributed by atoms with van der Waals surface area (Å²) in [6.07, 6.45) is 2.32. The van der Waals surface area contributed by atoms with Crippen molar-refractivity contribution in [2.24, 2.45) is 0 Å². The lowest BCUT2D eigenvalue weighted by molar-refractivity contribution is -0.0326. The molecule has 3 nitrogen and oxygen atoms in total. The maximum Gasteiger partial charge on any atom is 0.145 e. The smallest absolute Gasteiger partial charge is 0.145 e. The largest absolute Gasteiger partial charge is 0.488 e. The van der Waals surface area contributed by atoms with Crippen LogP contribution in [0, 0.1) is 13.8 Å². The van der Waals surface area contributed by atoms with E-state index < -0.39 is 0 Å². The van der Waals surface area contributed by atoms with Crippen LogP contribution in [0.2, 0.25) is 0 Å². The summed E-state index contributed by atoms with van der Waals surface area (Å²) in [4.78, 5) is 0. The molecule has 0 aromatic heterocycles. The summed E-state index contributed by atoms with van der Waals surface area (Å²) in [5.41, 5.74) is 8.95. The highest BCUT2D eigenvalue weighted by molar-refractivity contribution is 5.58. The van der Waals surface area contributed by atoms with Crippen LogP contribution in [-0.2, 0) is 4.74 Å². The van der Waals surface area contributed by atoms with Crippen LogP contribution in [0.1, 0.15) is 37.8 Å². The lowest BCUT2D eigenvalue weighted by Gasteiger charge is -2.20. The molecular weight excluding hydrogens is 226 g/mol. The maximum absolute atomic E-state index is 5.99. The number of nitrogen functional groups attached to an aromatic ring is 1. The molecular formula is C15H23NO2. The molecule has 0 radical (unpaired) electrons. The molecule has 1 saturated heterocycles. The van der Waals surface area contributed by atoms with Gasteiger partial charge in [-0.3, -0.25) is 0 Å². The first-order valence-corrected chi connectivity index (χ1v) is 6.55. The summed E-state index contributed by atoms with van der Waals surface area (Å²) in [5.74, 6) is 0.800. The Bertz CT molecular complexity index is 417. The minimum Gasteiger partial charge on any atom is -0.488 e. The van der Waals surface area contributed by atoms with E-state index in [-0.39, 0.29) is 11.7 Å². The first-order valence-electron chi connectivity index (χ1n) is 6.55. The Labute approximate surface area is 109 Å². The van der Waals surface area contributed by atoms with Gasteiger partial charge in [-0.25, -0.2) is 0 Å². The van der Waals surface area contributed by atoms with Crippen LogP contribution >= 0.6 is 0 Å². The van der Waals surface area contributed by atoms with Crippen LogP contribution in [-0.4, -0.2) is 18.3 Å². The van der Waals surface area contributed by atoms with Gasteiger partial charge in [0, 0.05) is 0 Å². The van der Waals surface area contributed by atoms with E-state index in [2.05, 4.69) is 19.9 Å². The second kappa shape index (κ2) is 4.81. The van der Waals surface area contributed by atoms with E-state index in [9.17, 15) is 0 Å². The van der Waals surface area contributed by atoms with Gasteiger partial charge in [0.15, 0.2) is 0 Å². The minimum absolute atomic E-state index is 0.0120. The zero-order valence-corrected chi connectivity index (χ0v) is 11.7. The molecule has 0 spiro atoms. The van der Waals surface area contributed by atoms with Crippen molar-refractivity contribution in [2.45, 2.75) is 52.2 Å². The van der Waals surface area contributed by atoms with Gasteiger partial charge < -0.3 is 15.2 Å². The molecule has 100 valence electrons. The molecule has 0 bridgehead atoms. The summed E-state index contributed by atoms with van der Waals surface area (Å²) in [6, 6.07) is 4.03. The van der Waals surface area contributed by atoms with Crippen LogP contribution in [0.25, 0.3) is 0 Å². The number of aryl methyl sites for hydroxylation is 2. The number of rotatable bonds is 3. The molecule has 0 aliphatic carbocycles. The van der Waals surface area contributed by atoms with E-state index in [0.717, 1.165) is 29.7 Å². The van der Waals surface area contributed by atoms with Crippen molar-refractivity contribution in [1.82, 2.24) is 0 Å². The quantitative estimate of drug-likeness (QED) is 0.836. The van der Waals surface area contributed by atoms with E-state index in [0.29, 0.717) is 12.3 Å². The first-order chi connectivity index (χ1) is 8.37. The number of ether oxygens (including phenoxy) is 2. The lowest BCUT2D eigenvalue weighted by atomic mass is 10.1. The predicted molar refractivity (Wildman–Crippen MR) is 74.0 cm³/mol. The van der Waals surface area contributed by atoms with Gasteiger partial charge in [0.05, 0.1) is 17.4 Å². The Hall–Kier alpha value is -1.22. The highest BCUT2D eigenvalue weighted by atomic mass is 16.6. The van der Waals surface area contributed by atoms with Crippen molar-refractivity contribution < 1.29 is 9.47 Å². The van der Waals surface area contributed by atoms with Gasteiger partial charge in [-0.05, 0) is 57.7 Å². The summed E-state index contributed by atoms with van der Waals surface area (Å²) >= 11 is 0. The van der Waals surface area contributed by atoms with Crippen LogP contribution in [0.4, 0.5) is 5.69 Å². The Morgan fingerprint density at radius 2 is 2.11 bits per heavy atom. The molecule has 1 heterocycles. The maximum atomic E-state index is 5.99. The molecule has 0 amide bonds. The van der Waals surface area contributed by atoms with Crippen molar-refractivity contribution in [1.29, 1.82) is 0 Å². The standard InChI is InChI=1S/C15H23NO2/c1-10-7-11(2)14(13(16)8-10)17-9-12-5-6-15(3,4)18-12/h7-8,12H,5-6,9,16H2,1-4H3. The van der Waals surface area contributed by atoms with Crippen LogP contribution < -0.4 is 10.5 Å². The van der Waals surface area contributed by atoms with Gasteiger partial charge in [-0.2, -0.15) is 0 Å². The van der Waals surface area contributed by atoms with Gasteiger partial charge in [-0.1, -0.05) is 6.07 Å². The minimum atomic E-state index is -0.0120. The second-order valence-corrected chi connectivity index (χ2v) is 5.85. The zero-order valence-electron chi connectivity index (χ0n) is 11.7. The Morgan fingerprint density at radius 3 is 2.67 bits per heavy atom. The molecule has 2 rings (SSSR count). The summed E-state index contributed by atoms with van der Waals surface area (Å²) in [6.45, 7) is 8.89. The molecule has 1 aliphatic rings. The Kier molecular flexibility index (Phi) is 3.53. The third-order valence-corrected chi connectivity index (χ3v) is 3.42. The number of anilines is 1. The average molecular weight is 249 g/mol. The van der Waals surface area contributed by atoms with Gasteiger partial charge in [0.1, 0.15) is 12.4 Å². The van der Waals surface area contributed by atoms with Crippen molar-refractivity contribution in [2.75, 3.05) is 12.3 Å². The van der Waals surface area contributed by atoms with E-state index >= 15 is 0 Å². The van der Waals surface area contributed by atoms with Crippen LogP contribution in [0.5, 0.6) is 5.75 Å². The van der Waals surface area contributed by atoms with Crippen molar-refractivity contribution in [3.05, 3.63) is 23.3 Å². The highest BCUT2D eigenvalue weighted by Crippen LogP contribution is 2.32. The van der Waals surface area contributed by atoms with Gasteiger partial charge in [-0.15, -0.1) is 0 Å². The second-order valence-electron chi connectivity index (χ2n) is 5.85. The van der Waals surface area contributed by atoms with E-state index in [1.165, 1.54) is 0 Å². The molecule has 1 aromatic carbocycles. The number of benzene rings is 1. The lowest BCUT2D eigenvalue weighted by Crippen LogP contribution is -2.24. The molecule has 1 aromatic rings. The Balaban J connectivity index is 1.99. The molecule has 1 unspecified atom stereocenters. The van der Waals surface area contributed by atoms with Crippen molar-refractivity contribution in [3.8, 4) is 5.75 Å². The van der Waals surface area contributed by atoms with E-state index in [1.807, 2.05) is 19.9 Å². The fourth-order valence-corrected chi connectivity index (χ4v) is 2.56. The molecule has 3 heteroatoms. The fraction of sp³-hybridized carbons (Fsp3) is 0.600. The molecule has 1 aliphatic heterocycles. The number of nitrogens with two attached hydrogens (primary N) is 1. The summed E-state index contributed by atoms with van der Waals surface area (Å²) < 4.78 is 11.8. The third kappa shape index (κ3) is 2.96. The topological polar surface area (TPSA) is 44.5 Å². The highest BCUT2D eigenvalue weighted by Gasteiger charge is 2.32. The molecule has 1 fully saturated rings. The number of hydrogen-bond donors (Lipinski definition) is 1. The molecule has 18 heavy (non-hydrogen) atoms. The Morgan fingerprint density at radius 1 is 1.39 bits per heavy atom. The van der Waals surface area contributed by atoms with Gasteiger partial charge >= 0.3 is 0 Å². The van der Waals surface area contributed by atoms with Crippen LogP contribution in [0.3, 0.4) is 0 Å². The zero-order chi connectivity index (χ0) is 13.3. The normalized spacial score (nSPS) is 22.1. The molecule has 2 N–H and O–H groups in total. The molecule has 0 saturated carbocycles. The number of hydrogen-bond acceptors (Lipinski definition) is 3. The first kappa shape index (κ1) is 13.2. The van der Waals surface area contributed by atoms with E-state index in [4.69, 9.17) is 15.2 Å². The molecule has 1 atom stereocenters. The monoisotopic (exact) mass is 249 g/mol. The van der Waals surface area contributed by atoms with Gasteiger partial charge in [0.25, 0.3) is 0 Å². The average Bonchev–Trinajstić information content (AvgIpc) is 2.56.